The van der Waals surface area contributed by atoms with Gasteiger partial charge in [0.05, 0.1) is 22.5 Å². The van der Waals surface area contributed by atoms with Gasteiger partial charge < -0.3 is 0 Å². The average molecular weight is 324 g/mol. The third-order valence-electron chi connectivity index (χ3n) is 3.16. The summed E-state index contributed by atoms with van der Waals surface area (Å²) >= 11 is 1.45. The number of aromatic nitrogens is 3. The summed E-state index contributed by atoms with van der Waals surface area (Å²) in [6.07, 6.45) is 6.88. The molecule has 2 heterocycles. The molecule has 3 aromatic rings. The Kier molecular flexibility index (Phi) is 4.20. The van der Waals surface area contributed by atoms with E-state index in [9.17, 15) is 10.1 Å². The third kappa shape index (κ3) is 3.46. The first kappa shape index (κ1) is 15.0. The number of hydrogen-bond donors (Lipinski definition) is 0. The van der Waals surface area contributed by atoms with Gasteiger partial charge in [-0.05, 0) is 18.6 Å². The van der Waals surface area contributed by atoms with Gasteiger partial charge in [0.1, 0.15) is 5.01 Å². The van der Waals surface area contributed by atoms with E-state index in [0.29, 0.717) is 0 Å². The van der Waals surface area contributed by atoms with Crippen molar-refractivity contribution >= 4 is 28.7 Å². The van der Waals surface area contributed by atoms with Gasteiger partial charge in [0.2, 0.25) is 0 Å². The Morgan fingerprint density at radius 2 is 2.22 bits per heavy atom. The summed E-state index contributed by atoms with van der Waals surface area (Å²) in [4.78, 5) is 23.3. The highest BCUT2D eigenvalue weighted by Gasteiger charge is 2.10. The quantitative estimate of drug-likeness (QED) is 0.533. The van der Waals surface area contributed by atoms with Crippen molar-refractivity contribution in [3.63, 3.8) is 0 Å². The molecule has 7 heteroatoms. The molecule has 3 rings (SSSR count). The lowest BCUT2D eigenvalue weighted by Crippen LogP contribution is -1.88. The van der Waals surface area contributed by atoms with Crippen LogP contribution in [0.1, 0.15) is 18.3 Å². The fraction of sp³-hybridized carbons (Fsp3) is 0.0625. The lowest BCUT2D eigenvalue weighted by atomic mass is 10.2. The van der Waals surface area contributed by atoms with Crippen molar-refractivity contribution in [2.24, 2.45) is 0 Å². The maximum Gasteiger partial charge on any atom is 0.270 e. The summed E-state index contributed by atoms with van der Waals surface area (Å²) in [6.45, 7) is 1.94. The number of non-ortho nitro benzene ring substituents is 1. The molecule has 0 aliphatic rings. The van der Waals surface area contributed by atoms with Crippen LogP contribution in [-0.2, 0) is 0 Å². The van der Waals surface area contributed by atoms with Crippen molar-refractivity contribution in [2.75, 3.05) is 0 Å². The molecule has 0 aliphatic carbocycles. The summed E-state index contributed by atoms with van der Waals surface area (Å²) in [5.74, 6) is 0. The number of allylic oxidation sites excluding steroid dienone is 1. The molecule has 2 aromatic heterocycles. The van der Waals surface area contributed by atoms with Gasteiger partial charge in [-0.2, -0.15) is 0 Å². The van der Waals surface area contributed by atoms with E-state index in [0.717, 1.165) is 27.5 Å². The molecular weight excluding hydrogens is 312 g/mol. The summed E-state index contributed by atoms with van der Waals surface area (Å²) in [6, 6.07) is 6.47. The average Bonchev–Trinajstić information content (AvgIpc) is 3.04. The molecule has 6 nitrogen and oxygen atoms in total. The van der Waals surface area contributed by atoms with Crippen molar-refractivity contribution in [1.82, 2.24) is 15.0 Å². The number of nitro benzene ring substituents is 1. The Hall–Kier alpha value is -2.93. The van der Waals surface area contributed by atoms with Crippen molar-refractivity contribution in [2.45, 2.75) is 6.92 Å². The van der Waals surface area contributed by atoms with Gasteiger partial charge in [-0.1, -0.05) is 12.1 Å². The van der Waals surface area contributed by atoms with Crippen molar-refractivity contribution in [1.29, 1.82) is 0 Å². The topological polar surface area (TPSA) is 81.8 Å². The zero-order chi connectivity index (χ0) is 16.2. The van der Waals surface area contributed by atoms with Gasteiger partial charge in [-0.25, -0.2) is 4.98 Å². The molecule has 0 N–H and O–H groups in total. The van der Waals surface area contributed by atoms with Crippen molar-refractivity contribution < 1.29 is 4.92 Å². The third-order valence-corrected chi connectivity index (χ3v) is 4.07. The maximum atomic E-state index is 10.9. The fourth-order valence-electron chi connectivity index (χ4n) is 2.04. The molecule has 0 radical (unpaired) electrons. The Bertz CT molecular complexity index is 875. The lowest BCUT2D eigenvalue weighted by Gasteiger charge is -1.98. The Balaban J connectivity index is 1.89. The van der Waals surface area contributed by atoms with Crippen LogP contribution in [0.4, 0.5) is 5.69 Å². The number of hydrogen-bond acceptors (Lipinski definition) is 6. The van der Waals surface area contributed by atoms with E-state index in [1.807, 2.05) is 24.4 Å². The van der Waals surface area contributed by atoms with E-state index in [4.69, 9.17) is 0 Å². The second-order valence-corrected chi connectivity index (χ2v) is 5.66. The van der Waals surface area contributed by atoms with E-state index in [2.05, 4.69) is 15.0 Å². The molecule has 0 bridgehead atoms. The SMILES string of the molecule is CC(=Cc1csc(-c2cccc([N+](=O)[O-])c2)n1)c1cnccn1. The zero-order valence-corrected chi connectivity index (χ0v) is 13.0. The summed E-state index contributed by atoms with van der Waals surface area (Å²) < 4.78 is 0. The first-order valence-corrected chi connectivity index (χ1v) is 7.66. The molecule has 0 aliphatic heterocycles. The predicted octanol–water partition coefficient (Wildman–Crippen LogP) is 4.07. The standard InChI is InChI=1S/C16H12N4O2S/c1-11(15-9-17-5-6-18-15)7-13-10-23-16(19-13)12-3-2-4-14(8-12)20(21)22/h2-10H,1H3. The molecule has 0 saturated heterocycles. The monoisotopic (exact) mass is 324 g/mol. The van der Waals surface area contributed by atoms with Crippen LogP contribution in [0, 0.1) is 10.1 Å². The van der Waals surface area contributed by atoms with Crippen LogP contribution in [0.15, 0.2) is 48.2 Å². The van der Waals surface area contributed by atoms with Crippen LogP contribution in [0.2, 0.25) is 0 Å². The fourth-order valence-corrected chi connectivity index (χ4v) is 2.81. The van der Waals surface area contributed by atoms with E-state index >= 15 is 0 Å². The van der Waals surface area contributed by atoms with Crippen LogP contribution in [0.5, 0.6) is 0 Å². The Morgan fingerprint density at radius 1 is 1.35 bits per heavy atom. The van der Waals surface area contributed by atoms with Gasteiger partial charge in [-0.3, -0.25) is 20.1 Å². The molecule has 0 saturated carbocycles. The second-order valence-electron chi connectivity index (χ2n) is 4.80. The molecule has 0 amide bonds. The van der Waals surface area contributed by atoms with E-state index < -0.39 is 4.92 Å². The van der Waals surface area contributed by atoms with Gasteiger partial charge in [0.15, 0.2) is 0 Å². The number of thiazole rings is 1. The van der Waals surface area contributed by atoms with E-state index in [1.165, 1.54) is 23.5 Å². The number of nitrogens with zero attached hydrogens (tertiary/aromatic N) is 4. The highest BCUT2D eigenvalue weighted by Crippen LogP contribution is 2.28. The predicted molar refractivity (Wildman–Crippen MR) is 89.8 cm³/mol. The van der Waals surface area contributed by atoms with Gasteiger partial charge in [-0.15, -0.1) is 11.3 Å². The van der Waals surface area contributed by atoms with Gasteiger partial charge >= 0.3 is 0 Å². The van der Waals surface area contributed by atoms with Crippen LogP contribution in [-0.4, -0.2) is 19.9 Å². The molecule has 0 unspecified atom stereocenters. The molecule has 23 heavy (non-hydrogen) atoms. The minimum absolute atomic E-state index is 0.0607. The molecule has 0 atom stereocenters. The van der Waals surface area contributed by atoms with E-state index in [1.54, 1.807) is 24.7 Å². The summed E-state index contributed by atoms with van der Waals surface area (Å²) in [5, 5.41) is 13.5. The Labute approximate surface area is 136 Å². The molecule has 1 aromatic carbocycles. The minimum atomic E-state index is -0.407. The number of benzene rings is 1. The van der Waals surface area contributed by atoms with Crippen LogP contribution < -0.4 is 0 Å². The Morgan fingerprint density at radius 3 is 2.96 bits per heavy atom. The first-order chi connectivity index (χ1) is 11.1. The summed E-state index contributed by atoms with van der Waals surface area (Å²) in [5.41, 5.74) is 3.33. The van der Waals surface area contributed by atoms with Crippen LogP contribution in [0.25, 0.3) is 22.2 Å². The highest BCUT2D eigenvalue weighted by molar-refractivity contribution is 7.13. The maximum absolute atomic E-state index is 10.9. The smallest absolute Gasteiger partial charge is 0.261 e. The van der Waals surface area contributed by atoms with Gasteiger partial charge in [0.25, 0.3) is 5.69 Å². The lowest BCUT2D eigenvalue weighted by molar-refractivity contribution is -0.384. The minimum Gasteiger partial charge on any atom is -0.261 e. The number of nitro groups is 1. The molecule has 0 spiro atoms. The normalized spacial score (nSPS) is 11.4. The molecular formula is C16H12N4O2S. The van der Waals surface area contributed by atoms with Crippen LogP contribution >= 0.6 is 11.3 Å². The largest absolute Gasteiger partial charge is 0.270 e. The summed E-state index contributed by atoms with van der Waals surface area (Å²) in [7, 11) is 0. The van der Waals surface area contributed by atoms with Crippen molar-refractivity contribution in [3.05, 3.63) is 69.7 Å². The highest BCUT2D eigenvalue weighted by atomic mass is 32.1. The van der Waals surface area contributed by atoms with E-state index in [-0.39, 0.29) is 5.69 Å². The molecule has 114 valence electrons. The van der Waals surface area contributed by atoms with Gasteiger partial charge in [0, 0.05) is 35.5 Å². The molecule has 0 fully saturated rings. The zero-order valence-electron chi connectivity index (χ0n) is 12.2. The van der Waals surface area contributed by atoms with Crippen LogP contribution in [0.3, 0.4) is 0 Å². The first-order valence-electron chi connectivity index (χ1n) is 6.78. The van der Waals surface area contributed by atoms with Crippen molar-refractivity contribution in [3.8, 4) is 10.6 Å². The second kappa shape index (κ2) is 6.45. The number of rotatable bonds is 4.